The molecule has 0 radical (unpaired) electrons. The first-order valence-corrected chi connectivity index (χ1v) is 8.68. The van der Waals surface area contributed by atoms with Gasteiger partial charge in [0.05, 0.1) is 12.0 Å². The minimum absolute atomic E-state index is 0.0901. The minimum atomic E-state index is -0.0901. The number of ether oxygens (including phenoxy) is 2. The van der Waals surface area contributed by atoms with Gasteiger partial charge in [0.15, 0.2) is 0 Å². The van der Waals surface area contributed by atoms with E-state index in [4.69, 9.17) is 9.47 Å². The molecule has 3 aromatic rings. The first kappa shape index (κ1) is 15.7. The van der Waals surface area contributed by atoms with E-state index in [0.717, 1.165) is 27.3 Å². The van der Waals surface area contributed by atoms with Crippen LogP contribution in [0.5, 0.6) is 11.6 Å². The Morgan fingerprint density at radius 3 is 3.00 bits per heavy atom. The van der Waals surface area contributed by atoms with Crippen LogP contribution in [0, 0.1) is 0 Å². The maximum absolute atomic E-state index is 12.5. The predicted octanol–water partition coefficient (Wildman–Crippen LogP) is 3.64. The van der Waals surface area contributed by atoms with Crippen LogP contribution >= 0.6 is 11.3 Å². The molecule has 0 fully saturated rings. The standard InChI is InChI=1S/C19H16N2O3S/c1-23-17-7-6-12(9-20-17)10-21-19(22)16-8-13-11-24-15-5-3-2-4-14(15)18(13)25-16/h2-9H,10-11H2,1H3,(H,21,22). The van der Waals surface area contributed by atoms with Crippen molar-refractivity contribution in [3.63, 3.8) is 0 Å². The summed E-state index contributed by atoms with van der Waals surface area (Å²) in [6.45, 7) is 0.921. The van der Waals surface area contributed by atoms with Crippen molar-refractivity contribution in [2.45, 2.75) is 13.2 Å². The summed E-state index contributed by atoms with van der Waals surface area (Å²) in [5, 5.41) is 2.94. The zero-order valence-corrected chi connectivity index (χ0v) is 14.4. The Morgan fingerprint density at radius 2 is 2.20 bits per heavy atom. The highest BCUT2D eigenvalue weighted by molar-refractivity contribution is 7.17. The molecule has 0 saturated heterocycles. The lowest BCUT2D eigenvalue weighted by atomic mass is 10.1. The molecule has 1 aliphatic rings. The van der Waals surface area contributed by atoms with E-state index < -0.39 is 0 Å². The Kier molecular flexibility index (Phi) is 4.11. The summed E-state index contributed by atoms with van der Waals surface area (Å²) in [6.07, 6.45) is 1.70. The number of pyridine rings is 1. The fraction of sp³-hybridized carbons (Fsp3) is 0.158. The molecule has 1 N–H and O–H groups in total. The predicted molar refractivity (Wildman–Crippen MR) is 96.0 cm³/mol. The summed E-state index contributed by atoms with van der Waals surface area (Å²) in [4.78, 5) is 18.4. The van der Waals surface area contributed by atoms with Gasteiger partial charge in [0, 0.05) is 34.8 Å². The van der Waals surface area contributed by atoms with Crippen LogP contribution in [0.15, 0.2) is 48.7 Å². The molecule has 0 aliphatic carbocycles. The summed E-state index contributed by atoms with van der Waals surface area (Å²) < 4.78 is 10.8. The van der Waals surface area contributed by atoms with Crippen LogP contribution in [-0.2, 0) is 13.2 Å². The first-order chi connectivity index (χ1) is 12.2. The number of nitrogens with one attached hydrogen (secondary N) is 1. The van der Waals surface area contributed by atoms with Crippen molar-refractivity contribution < 1.29 is 14.3 Å². The van der Waals surface area contributed by atoms with Gasteiger partial charge in [-0.2, -0.15) is 0 Å². The number of carbonyl (C=O) groups is 1. The maximum atomic E-state index is 12.5. The number of benzene rings is 1. The number of amides is 1. The van der Waals surface area contributed by atoms with Crippen LogP contribution in [-0.4, -0.2) is 18.0 Å². The third-order valence-electron chi connectivity index (χ3n) is 4.01. The molecule has 0 saturated carbocycles. The quantitative estimate of drug-likeness (QED) is 0.779. The Hall–Kier alpha value is -2.86. The molecule has 6 heteroatoms. The molecule has 3 heterocycles. The van der Waals surface area contributed by atoms with Gasteiger partial charge in [0.1, 0.15) is 12.4 Å². The van der Waals surface area contributed by atoms with E-state index in [2.05, 4.69) is 10.3 Å². The Labute approximate surface area is 149 Å². The summed E-state index contributed by atoms with van der Waals surface area (Å²) in [6, 6.07) is 13.5. The summed E-state index contributed by atoms with van der Waals surface area (Å²) >= 11 is 1.50. The average molecular weight is 352 g/mol. The molecule has 0 atom stereocenters. The smallest absolute Gasteiger partial charge is 0.261 e. The lowest BCUT2D eigenvalue weighted by Gasteiger charge is -2.16. The van der Waals surface area contributed by atoms with Gasteiger partial charge in [-0.1, -0.05) is 18.2 Å². The number of fused-ring (bicyclic) bond motifs is 3. The monoisotopic (exact) mass is 352 g/mol. The minimum Gasteiger partial charge on any atom is -0.488 e. The van der Waals surface area contributed by atoms with E-state index in [1.807, 2.05) is 36.4 Å². The van der Waals surface area contributed by atoms with Crippen molar-refractivity contribution in [1.29, 1.82) is 0 Å². The highest BCUT2D eigenvalue weighted by Crippen LogP contribution is 2.42. The fourth-order valence-corrected chi connectivity index (χ4v) is 3.83. The van der Waals surface area contributed by atoms with Gasteiger partial charge < -0.3 is 14.8 Å². The van der Waals surface area contributed by atoms with Crippen LogP contribution in [0.2, 0.25) is 0 Å². The topological polar surface area (TPSA) is 60.5 Å². The molecule has 126 valence electrons. The van der Waals surface area contributed by atoms with Gasteiger partial charge in [-0.15, -0.1) is 11.3 Å². The zero-order valence-electron chi connectivity index (χ0n) is 13.6. The summed E-state index contributed by atoms with van der Waals surface area (Å²) in [5.74, 6) is 1.33. The highest BCUT2D eigenvalue weighted by Gasteiger charge is 2.22. The van der Waals surface area contributed by atoms with Crippen molar-refractivity contribution in [2.24, 2.45) is 0 Å². The van der Waals surface area contributed by atoms with Crippen LogP contribution in [0.1, 0.15) is 20.8 Å². The number of hydrogen-bond acceptors (Lipinski definition) is 5. The van der Waals surface area contributed by atoms with E-state index in [0.29, 0.717) is 23.9 Å². The van der Waals surface area contributed by atoms with Crippen molar-refractivity contribution >= 4 is 17.2 Å². The molecule has 5 nitrogen and oxygen atoms in total. The van der Waals surface area contributed by atoms with Gasteiger partial charge in [-0.25, -0.2) is 4.98 Å². The molecule has 1 aromatic carbocycles. The largest absolute Gasteiger partial charge is 0.488 e. The number of nitrogens with zero attached hydrogens (tertiary/aromatic N) is 1. The third kappa shape index (κ3) is 3.08. The lowest BCUT2D eigenvalue weighted by Crippen LogP contribution is -2.21. The normalized spacial score (nSPS) is 11.9. The van der Waals surface area contributed by atoms with Crippen LogP contribution in [0.4, 0.5) is 0 Å². The second-order valence-electron chi connectivity index (χ2n) is 5.64. The van der Waals surface area contributed by atoms with E-state index in [-0.39, 0.29) is 5.91 Å². The molecule has 25 heavy (non-hydrogen) atoms. The fourth-order valence-electron chi connectivity index (χ4n) is 2.72. The number of para-hydroxylation sites is 1. The second kappa shape index (κ2) is 6.57. The number of hydrogen-bond donors (Lipinski definition) is 1. The number of rotatable bonds is 4. The summed E-state index contributed by atoms with van der Waals surface area (Å²) in [5.41, 5.74) is 3.02. The van der Waals surface area contributed by atoms with Crippen molar-refractivity contribution in [3.05, 3.63) is 64.7 Å². The van der Waals surface area contributed by atoms with Gasteiger partial charge in [-0.3, -0.25) is 4.79 Å². The number of thiophene rings is 1. The Balaban J connectivity index is 1.49. The highest BCUT2D eigenvalue weighted by atomic mass is 32.1. The van der Waals surface area contributed by atoms with E-state index >= 15 is 0 Å². The third-order valence-corrected chi connectivity index (χ3v) is 5.22. The van der Waals surface area contributed by atoms with Crippen molar-refractivity contribution in [3.8, 4) is 22.1 Å². The van der Waals surface area contributed by atoms with E-state index in [9.17, 15) is 4.79 Å². The molecular weight excluding hydrogens is 336 g/mol. The molecular formula is C19H16N2O3S. The lowest BCUT2D eigenvalue weighted by molar-refractivity contribution is 0.0955. The second-order valence-corrected chi connectivity index (χ2v) is 6.69. The van der Waals surface area contributed by atoms with Gasteiger partial charge in [-0.05, 0) is 23.8 Å². The van der Waals surface area contributed by atoms with Crippen LogP contribution in [0.3, 0.4) is 0 Å². The average Bonchev–Trinajstić information content (AvgIpc) is 3.11. The Morgan fingerprint density at radius 1 is 1.32 bits per heavy atom. The van der Waals surface area contributed by atoms with Crippen LogP contribution in [0.25, 0.3) is 10.4 Å². The Bertz CT molecular complexity index is 919. The molecule has 2 aromatic heterocycles. The molecule has 0 bridgehead atoms. The maximum Gasteiger partial charge on any atom is 0.261 e. The van der Waals surface area contributed by atoms with E-state index in [1.54, 1.807) is 19.4 Å². The van der Waals surface area contributed by atoms with Gasteiger partial charge >= 0.3 is 0 Å². The van der Waals surface area contributed by atoms with Gasteiger partial charge in [0.25, 0.3) is 5.91 Å². The zero-order chi connectivity index (χ0) is 17.2. The number of methoxy groups -OCH3 is 1. The number of aromatic nitrogens is 1. The molecule has 1 aliphatic heterocycles. The number of carbonyl (C=O) groups excluding carboxylic acids is 1. The van der Waals surface area contributed by atoms with E-state index in [1.165, 1.54) is 11.3 Å². The molecule has 0 unspecified atom stereocenters. The molecule has 0 spiro atoms. The molecule has 1 amide bonds. The van der Waals surface area contributed by atoms with Crippen LogP contribution < -0.4 is 14.8 Å². The molecule has 4 rings (SSSR count). The SMILES string of the molecule is COc1ccc(CNC(=O)c2cc3c(s2)-c2ccccc2OC3)cn1. The first-order valence-electron chi connectivity index (χ1n) is 7.86. The van der Waals surface area contributed by atoms with Crippen molar-refractivity contribution in [1.82, 2.24) is 10.3 Å². The van der Waals surface area contributed by atoms with Crippen molar-refractivity contribution in [2.75, 3.05) is 7.11 Å². The summed E-state index contributed by atoms with van der Waals surface area (Å²) in [7, 11) is 1.57. The van der Waals surface area contributed by atoms with Gasteiger partial charge in [0.2, 0.25) is 5.88 Å².